The molecule has 132 valence electrons. The van der Waals surface area contributed by atoms with Gasteiger partial charge >= 0.3 is 0 Å². The van der Waals surface area contributed by atoms with Gasteiger partial charge in [0.05, 0.1) is 20.6 Å². The Morgan fingerprint density at radius 1 is 1.48 bits per heavy atom. The molecule has 0 bridgehead atoms. The molecule has 6 nitrogen and oxygen atoms in total. The van der Waals surface area contributed by atoms with Gasteiger partial charge in [-0.25, -0.2) is 18.1 Å². The van der Waals surface area contributed by atoms with E-state index >= 15 is 0 Å². The molecule has 0 radical (unpaired) electrons. The first-order chi connectivity index (χ1) is 11.7. The minimum absolute atomic E-state index is 0.0652. The van der Waals surface area contributed by atoms with Crippen LogP contribution in [0.3, 0.4) is 0 Å². The molecule has 1 aromatic heterocycles. The second-order valence-corrected chi connectivity index (χ2v) is 8.77. The summed E-state index contributed by atoms with van der Waals surface area (Å²) in [7, 11) is -4.03. The fourth-order valence-corrected chi connectivity index (χ4v) is 4.41. The third-order valence-electron chi connectivity index (χ3n) is 3.51. The second-order valence-electron chi connectivity index (χ2n) is 5.62. The lowest BCUT2D eigenvalue weighted by molar-refractivity contribution is -0.114. The molecule has 2 aromatic rings. The first-order valence-corrected chi connectivity index (χ1v) is 10.1. The van der Waals surface area contributed by atoms with Gasteiger partial charge in [0.15, 0.2) is 0 Å². The Bertz CT molecular complexity index is 967. The summed E-state index contributed by atoms with van der Waals surface area (Å²) in [6.45, 7) is 3.71. The van der Waals surface area contributed by atoms with E-state index in [2.05, 4.69) is 4.98 Å². The van der Waals surface area contributed by atoms with Crippen molar-refractivity contribution in [1.82, 2.24) is 9.71 Å². The fraction of sp³-hybridized carbons (Fsp3) is 0.250. The highest BCUT2D eigenvalue weighted by atomic mass is 35.5. The third-order valence-corrected chi connectivity index (χ3v) is 5.91. The highest BCUT2D eigenvalue weighted by Gasteiger charge is 2.26. The zero-order valence-electron chi connectivity index (χ0n) is 13.4. The molecule has 0 fully saturated rings. The van der Waals surface area contributed by atoms with Crippen LogP contribution in [-0.2, 0) is 21.2 Å². The number of benzene rings is 1. The van der Waals surface area contributed by atoms with Gasteiger partial charge in [-0.05, 0) is 32.1 Å². The van der Waals surface area contributed by atoms with Gasteiger partial charge in [-0.3, -0.25) is 4.79 Å². The highest BCUT2D eigenvalue weighted by Crippen LogP contribution is 2.37. The Balaban J connectivity index is 1.78. The van der Waals surface area contributed by atoms with Gasteiger partial charge in [-0.2, -0.15) is 0 Å². The first-order valence-electron chi connectivity index (χ1n) is 7.40. The molecule has 0 aliphatic carbocycles. The maximum Gasteiger partial charge on any atom is 0.264 e. The van der Waals surface area contributed by atoms with E-state index in [4.69, 9.17) is 16.3 Å². The number of hydrogen-bond acceptors (Lipinski definition) is 6. The van der Waals surface area contributed by atoms with Crippen LogP contribution in [0.25, 0.3) is 6.08 Å². The molecule has 0 saturated heterocycles. The molecule has 1 atom stereocenters. The van der Waals surface area contributed by atoms with Crippen LogP contribution < -0.4 is 9.46 Å². The van der Waals surface area contributed by atoms with Crippen molar-refractivity contribution in [3.63, 3.8) is 0 Å². The smallest absolute Gasteiger partial charge is 0.264 e. The number of sulfonamides is 1. The van der Waals surface area contributed by atoms with Crippen LogP contribution in [0, 0.1) is 6.92 Å². The molecule has 1 unspecified atom stereocenters. The maximum absolute atomic E-state index is 12.4. The Labute approximate surface area is 154 Å². The van der Waals surface area contributed by atoms with Crippen LogP contribution in [0.2, 0.25) is 5.02 Å². The van der Waals surface area contributed by atoms with Crippen LogP contribution in [-0.4, -0.2) is 25.4 Å². The highest BCUT2D eigenvalue weighted by molar-refractivity contribution is 7.90. The summed E-state index contributed by atoms with van der Waals surface area (Å²) in [5.41, 5.74) is 1.31. The quantitative estimate of drug-likeness (QED) is 0.800. The summed E-state index contributed by atoms with van der Waals surface area (Å²) >= 11 is 7.54. The fourth-order valence-electron chi connectivity index (χ4n) is 2.46. The SMILES string of the molecule is Cc1nc(C=CC(=O)NS(=O)(=O)c2cc(Cl)c3c(c2)CC(C)O3)cs1. The summed E-state index contributed by atoms with van der Waals surface area (Å²) in [6.07, 6.45) is 3.09. The summed E-state index contributed by atoms with van der Waals surface area (Å²) in [4.78, 5) is 16.0. The number of nitrogens with zero attached hydrogens (tertiary/aromatic N) is 1. The Morgan fingerprint density at radius 3 is 2.92 bits per heavy atom. The van der Waals surface area contributed by atoms with E-state index in [9.17, 15) is 13.2 Å². The van der Waals surface area contributed by atoms with Gasteiger partial charge in [0.2, 0.25) is 0 Å². The number of carbonyl (C=O) groups is 1. The third kappa shape index (κ3) is 4.02. The zero-order valence-corrected chi connectivity index (χ0v) is 15.8. The summed E-state index contributed by atoms with van der Waals surface area (Å²) in [5.74, 6) is -0.259. The van der Waals surface area contributed by atoms with E-state index in [0.29, 0.717) is 23.4 Å². The standard InChI is InChI=1S/C16H15ClN2O4S2/c1-9-5-11-6-13(7-14(17)16(11)23-9)25(21,22)19-15(20)4-3-12-8-24-10(2)18-12/h3-4,6-9H,5H2,1-2H3,(H,19,20). The van der Waals surface area contributed by atoms with Crippen molar-refractivity contribution in [2.24, 2.45) is 0 Å². The summed E-state index contributed by atoms with van der Waals surface area (Å²) in [6, 6.07) is 2.76. The maximum atomic E-state index is 12.4. The molecule has 2 heterocycles. The molecule has 1 amide bonds. The van der Waals surface area contributed by atoms with E-state index in [0.717, 1.165) is 11.1 Å². The molecule has 1 aliphatic heterocycles. The van der Waals surface area contributed by atoms with E-state index in [1.807, 2.05) is 18.6 Å². The molecule has 1 aliphatic rings. The number of ether oxygens (including phenoxy) is 1. The molecule has 0 saturated carbocycles. The van der Waals surface area contributed by atoms with Gasteiger partial charge in [-0.1, -0.05) is 11.6 Å². The van der Waals surface area contributed by atoms with Crippen molar-refractivity contribution < 1.29 is 17.9 Å². The average Bonchev–Trinajstić information content (AvgIpc) is 3.10. The number of rotatable bonds is 4. The average molecular weight is 399 g/mol. The number of halogens is 1. The van der Waals surface area contributed by atoms with Crippen molar-refractivity contribution >= 4 is 44.9 Å². The Hall–Kier alpha value is -1.90. The van der Waals surface area contributed by atoms with Crippen molar-refractivity contribution in [3.8, 4) is 5.75 Å². The van der Waals surface area contributed by atoms with Gasteiger partial charge < -0.3 is 4.74 Å². The van der Waals surface area contributed by atoms with Gasteiger partial charge in [0, 0.05) is 23.4 Å². The number of fused-ring (bicyclic) bond motifs is 1. The molecular weight excluding hydrogens is 384 g/mol. The molecule has 9 heteroatoms. The second kappa shape index (κ2) is 6.78. The number of carbonyl (C=O) groups excluding carboxylic acids is 1. The van der Waals surface area contributed by atoms with E-state index < -0.39 is 15.9 Å². The molecule has 25 heavy (non-hydrogen) atoms. The Morgan fingerprint density at radius 2 is 2.24 bits per heavy atom. The van der Waals surface area contributed by atoms with Gasteiger partial charge in [0.25, 0.3) is 15.9 Å². The molecule has 1 aromatic carbocycles. The van der Waals surface area contributed by atoms with Crippen LogP contribution >= 0.6 is 22.9 Å². The number of hydrogen-bond donors (Lipinski definition) is 1. The van der Waals surface area contributed by atoms with Crippen molar-refractivity contribution in [2.45, 2.75) is 31.3 Å². The largest absolute Gasteiger partial charge is 0.489 e. The van der Waals surface area contributed by atoms with Gasteiger partial charge in [0.1, 0.15) is 11.9 Å². The van der Waals surface area contributed by atoms with E-state index in [1.165, 1.54) is 29.5 Å². The minimum Gasteiger partial charge on any atom is -0.489 e. The molecule has 0 spiro atoms. The van der Waals surface area contributed by atoms with Crippen LogP contribution in [0.1, 0.15) is 23.2 Å². The normalized spacial score (nSPS) is 16.7. The van der Waals surface area contributed by atoms with Crippen molar-refractivity contribution in [2.75, 3.05) is 0 Å². The van der Waals surface area contributed by atoms with Gasteiger partial charge in [-0.15, -0.1) is 11.3 Å². The monoisotopic (exact) mass is 398 g/mol. The van der Waals surface area contributed by atoms with Crippen LogP contribution in [0.5, 0.6) is 5.75 Å². The molecule has 1 N–H and O–H groups in total. The Kier molecular flexibility index (Phi) is 4.86. The predicted molar refractivity (Wildman–Crippen MR) is 96.5 cm³/mol. The number of amides is 1. The number of nitrogens with one attached hydrogen (secondary N) is 1. The minimum atomic E-state index is -4.03. The van der Waals surface area contributed by atoms with Crippen molar-refractivity contribution in [3.05, 3.63) is 44.9 Å². The van der Waals surface area contributed by atoms with Crippen LogP contribution in [0.15, 0.2) is 28.5 Å². The number of aryl methyl sites for hydroxylation is 1. The van der Waals surface area contributed by atoms with Crippen LogP contribution in [0.4, 0.5) is 0 Å². The summed E-state index contributed by atoms with van der Waals surface area (Å²) < 4.78 is 32.4. The summed E-state index contributed by atoms with van der Waals surface area (Å²) in [5, 5.41) is 2.84. The lowest BCUT2D eigenvalue weighted by atomic mass is 10.1. The first kappa shape index (κ1) is 17.9. The molecular formula is C16H15ClN2O4S2. The number of thiazole rings is 1. The van der Waals surface area contributed by atoms with Crippen molar-refractivity contribution in [1.29, 1.82) is 0 Å². The van der Waals surface area contributed by atoms with E-state index in [-0.39, 0.29) is 16.0 Å². The lowest BCUT2D eigenvalue weighted by Gasteiger charge is -2.08. The lowest BCUT2D eigenvalue weighted by Crippen LogP contribution is -2.29. The number of aromatic nitrogens is 1. The van der Waals surface area contributed by atoms with E-state index in [1.54, 1.807) is 5.38 Å². The predicted octanol–water partition coefficient (Wildman–Crippen LogP) is 2.95. The molecule has 3 rings (SSSR count). The zero-order chi connectivity index (χ0) is 18.2. The topological polar surface area (TPSA) is 85.4 Å².